The van der Waals surface area contributed by atoms with E-state index in [0.29, 0.717) is 32.2 Å². The standard InChI is InChI=1S/C17H24BF4N2O5S.K/c1-12-13(9-14(18(19,20)21)10-15(12)29-30(22,26)27)11-23-5-7-24(8-6-23)16(25)28-17(2,3)4;/h9-10H,5-8,11H2,1-4H3;/q-1;+1. The van der Waals surface area contributed by atoms with E-state index in [1.165, 1.54) is 11.8 Å². The fraction of sp³-hybridized carbons (Fsp3) is 0.588. The molecular weight excluding hydrogens is 470 g/mol. The molecule has 1 saturated heterocycles. The van der Waals surface area contributed by atoms with Gasteiger partial charge in [0.1, 0.15) is 11.4 Å². The number of rotatable bonds is 5. The maximum atomic E-state index is 13.3. The van der Waals surface area contributed by atoms with E-state index in [1.807, 2.05) is 4.90 Å². The molecule has 14 heteroatoms. The van der Waals surface area contributed by atoms with E-state index in [1.54, 1.807) is 20.8 Å². The monoisotopic (exact) mass is 494 g/mol. The average molecular weight is 494 g/mol. The molecule has 0 radical (unpaired) electrons. The molecule has 0 atom stereocenters. The molecule has 0 spiro atoms. The van der Waals surface area contributed by atoms with Gasteiger partial charge in [-0.25, -0.2) is 4.79 Å². The van der Waals surface area contributed by atoms with Crippen molar-refractivity contribution in [3.63, 3.8) is 0 Å². The van der Waals surface area contributed by atoms with Gasteiger partial charge in [-0.2, -0.15) is 8.42 Å². The molecule has 1 fully saturated rings. The van der Waals surface area contributed by atoms with E-state index in [-0.39, 0.29) is 69.1 Å². The third kappa shape index (κ3) is 9.18. The van der Waals surface area contributed by atoms with Gasteiger partial charge < -0.3 is 26.8 Å². The van der Waals surface area contributed by atoms with E-state index in [9.17, 15) is 30.0 Å². The van der Waals surface area contributed by atoms with Crippen molar-refractivity contribution in [2.24, 2.45) is 0 Å². The van der Waals surface area contributed by atoms with Crippen molar-refractivity contribution in [3.8, 4) is 5.75 Å². The van der Waals surface area contributed by atoms with Crippen LogP contribution in [0.1, 0.15) is 31.9 Å². The second kappa shape index (κ2) is 10.7. The normalized spacial score (nSPS) is 15.9. The molecule has 0 aromatic heterocycles. The number of ether oxygens (including phenoxy) is 1. The molecule has 31 heavy (non-hydrogen) atoms. The number of benzene rings is 1. The topological polar surface area (TPSA) is 76.2 Å². The Bertz CT molecular complexity index is 901. The van der Waals surface area contributed by atoms with Crippen molar-refractivity contribution in [2.45, 2.75) is 39.8 Å². The minimum Gasteiger partial charge on any atom is -0.445 e. The van der Waals surface area contributed by atoms with Crippen molar-refractivity contribution in [1.29, 1.82) is 0 Å². The summed E-state index contributed by atoms with van der Waals surface area (Å²) in [4.78, 5) is 15.4. The fourth-order valence-corrected chi connectivity index (χ4v) is 3.36. The van der Waals surface area contributed by atoms with Crippen LogP contribution in [0.15, 0.2) is 12.1 Å². The number of piperazine rings is 1. The Balaban J connectivity index is 0.00000480. The van der Waals surface area contributed by atoms with Crippen LogP contribution < -0.4 is 61.0 Å². The number of hydrogen-bond acceptors (Lipinski definition) is 6. The van der Waals surface area contributed by atoms with Crippen LogP contribution >= 0.6 is 0 Å². The van der Waals surface area contributed by atoms with Gasteiger partial charge in [0, 0.05) is 32.7 Å². The third-order valence-electron chi connectivity index (χ3n) is 4.48. The van der Waals surface area contributed by atoms with Crippen LogP contribution in [0.4, 0.5) is 21.6 Å². The first-order valence-corrected chi connectivity index (χ1v) is 10.5. The van der Waals surface area contributed by atoms with Crippen LogP contribution in [0.3, 0.4) is 0 Å². The van der Waals surface area contributed by atoms with E-state index < -0.39 is 40.4 Å². The number of halogens is 4. The molecule has 1 aliphatic heterocycles. The van der Waals surface area contributed by atoms with Gasteiger partial charge in [0.2, 0.25) is 0 Å². The van der Waals surface area contributed by atoms with Crippen LogP contribution in [0, 0.1) is 6.92 Å². The number of carbonyl (C=O) groups is 1. The largest absolute Gasteiger partial charge is 1.00 e. The van der Waals surface area contributed by atoms with Gasteiger partial charge in [-0.1, -0.05) is 9.95 Å². The SMILES string of the molecule is Cc1c(CN2CCN(C(=O)OC(C)(C)C)CC2)cc([B-](F)(F)F)cc1OS(=O)(=O)F.[K+]. The zero-order valence-electron chi connectivity index (χ0n) is 18.1. The van der Waals surface area contributed by atoms with Crippen LogP contribution in [0.5, 0.6) is 5.75 Å². The Morgan fingerprint density at radius 2 is 1.68 bits per heavy atom. The van der Waals surface area contributed by atoms with Crippen molar-refractivity contribution in [1.82, 2.24) is 9.80 Å². The molecule has 1 amide bonds. The summed E-state index contributed by atoms with van der Waals surface area (Å²) in [5.74, 6) is -0.698. The Hall–Kier alpha value is -0.379. The second-order valence-electron chi connectivity index (χ2n) is 8.10. The van der Waals surface area contributed by atoms with Gasteiger partial charge in [0.15, 0.2) is 0 Å². The molecule has 2 rings (SSSR count). The van der Waals surface area contributed by atoms with Gasteiger partial charge in [0.05, 0.1) is 0 Å². The predicted octanol–water partition coefficient (Wildman–Crippen LogP) is -0.301. The van der Waals surface area contributed by atoms with Gasteiger partial charge in [-0.15, -0.1) is 5.46 Å². The summed E-state index contributed by atoms with van der Waals surface area (Å²) in [6.45, 7) is 2.58. The molecule has 0 bridgehead atoms. The molecule has 1 heterocycles. The fourth-order valence-electron chi connectivity index (χ4n) is 2.97. The third-order valence-corrected chi connectivity index (χ3v) is 4.85. The van der Waals surface area contributed by atoms with E-state index in [2.05, 4.69) is 4.18 Å². The number of carbonyl (C=O) groups excluding carboxylic acids is 1. The Morgan fingerprint density at radius 1 is 1.13 bits per heavy atom. The van der Waals surface area contributed by atoms with Crippen molar-refractivity contribution in [3.05, 3.63) is 23.3 Å². The maximum Gasteiger partial charge on any atom is 1.00 e. The zero-order valence-corrected chi connectivity index (χ0v) is 22.1. The molecule has 170 valence electrons. The number of hydrogen-bond donors (Lipinski definition) is 0. The molecular formula is C17H24BF4KN2O5S. The van der Waals surface area contributed by atoms with E-state index in [0.717, 1.165) is 6.07 Å². The molecule has 0 saturated carbocycles. The Labute approximate surface area is 222 Å². The minimum atomic E-state index is -5.48. The van der Waals surface area contributed by atoms with Gasteiger partial charge in [0.25, 0.3) is 0 Å². The van der Waals surface area contributed by atoms with Gasteiger partial charge >= 0.3 is 75.0 Å². The first-order chi connectivity index (χ1) is 13.5. The summed E-state index contributed by atoms with van der Waals surface area (Å²) >= 11 is 0. The Kier molecular flexibility index (Phi) is 9.89. The van der Waals surface area contributed by atoms with Crippen molar-refractivity contribution < 1.29 is 90.3 Å². The van der Waals surface area contributed by atoms with Crippen LogP contribution in [-0.4, -0.2) is 63.1 Å². The molecule has 1 aromatic rings. The van der Waals surface area contributed by atoms with Gasteiger partial charge in [-0.3, -0.25) is 4.90 Å². The maximum absolute atomic E-state index is 13.3. The van der Waals surface area contributed by atoms with E-state index in [4.69, 9.17) is 4.74 Å². The Morgan fingerprint density at radius 3 is 2.13 bits per heavy atom. The predicted molar refractivity (Wildman–Crippen MR) is 104 cm³/mol. The van der Waals surface area contributed by atoms with Crippen LogP contribution in [0.2, 0.25) is 0 Å². The minimum absolute atomic E-state index is 0. The summed E-state index contributed by atoms with van der Waals surface area (Å²) in [6, 6.07) is 1.39. The van der Waals surface area contributed by atoms with Gasteiger partial charge in [-0.05, 0) is 44.9 Å². The molecule has 7 nitrogen and oxygen atoms in total. The summed E-state index contributed by atoms with van der Waals surface area (Å²) in [7, 11) is -5.48. The first kappa shape index (κ1) is 28.7. The molecule has 0 aliphatic carbocycles. The smallest absolute Gasteiger partial charge is 0.445 e. The molecule has 1 aliphatic rings. The summed E-state index contributed by atoms with van der Waals surface area (Å²) in [5, 5.41) is 0. The summed E-state index contributed by atoms with van der Waals surface area (Å²) in [5.41, 5.74) is -1.47. The summed E-state index contributed by atoms with van der Waals surface area (Å²) in [6.07, 6.45) is -0.469. The number of amides is 1. The summed E-state index contributed by atoms with van der Waals surface area (Å²) < 4.78 is 83.7. The van der Waals surface area contributed by atoms with Crippen molar-refractivity contribution in [2.75, 3.05) is 26.2 Å². The quantitative estimate of drug-likeness (QED) is 0.318. The first-order valence-electron chi connectivity index (χ1n) is 9.23. The molecule has 0 N–H and O–H groups in total. The molecule has 0 unspecified atom stereocenters. The van der Waals surface area contributed by atoms with Crippen LogP contribution in [0.25, 0.3) is 0 Å². The van der Waals surface area contributed by atoms with Crippen LogP contribution in [-0.2, 0) is 21.8 Å². The average Bonchev–Trinajstić information content (AvgIpc) is 2.55. The number of nitrogens with zero attached hydrogens (tertiary/aromatic N) is 2. The van der Waals surface area contributed by atoms with E-state index >= 15 is 0 Å². The zero-order chi connectivity index (χ0) is 22.9. The second-order valence-corrected chi connectivity index (χ2v) is 9.05. The van der Waals surface area contributed by atoms with Crippen molar-refractivity contribution >= 4 is 29.0 Å². The molecule has 1 aromatic carbocycles.